The molecule has 98 valence electrons. The standard InChI is InChI=1S/C12H24N4O/c1-3-15(4-2)6-5-7-16-10-14-8-12(16)11(13)9-17/h8,10-11,17H,3-7,9,13H2,1-2H3. The Morgan fingerprint density at radius 1 is 1.47 bits per heavy atom. The van der Waals surface area contributed by atoms with Gasteiger partial charge in [0.2, 0.25) is 0 Å². The molecule has 1 heterocycles. The highest BCUT2D eigenvalue weighted by Crippen LogP contribution is 2.09. The highest BCUT2D eigenvalue weighted by Gasteiger charge is 2.10. The summed E-state index contributed by atoms with van der Waals surface area (Å²) in [5.74, 6) is 0. The third-order valence-electron chi connectivity index (χ3n) is 3.09. The normalized spacial score (nSPS) is 13.2. The fourth-order valence-corrected chi connectivity index (χ4v) is 1.92. The molecule has 0 aliphatic carbocycles. The summed E-state index contributed by atoms with van der Waals surface area (Å²) in [5, 5.41) is 9.05. The number of nitrogens with zero attached hydrogens (tertiary/aromatic N) is 3. The zero-order chi connectivity index (χ0) is 12.7. The van der Waals surface area contributed by atoms with E-state index in [1.165, 1.54) is 0 Å². The lowest BCUT2D eigenvalue weighted by molar-refractivity contribution is 0.261. The Bertz CT molecular complexity index is 309. The number of nitrogens with two attached hydrogens (primary N) is 1. The molecule has 0 aliphatic heterocycles. The van der Waals surface area contributed by atoms with Crippen LogP contribution < -0.4 is 5.73 Å². The Hall–Kier alpha value is -0.910. The number of aryl methyl sites for hydroxylation is 1. The van der Waals surface area contributed by atoms with Gasteiger partial charge in [-0.05, 0) is 26.1 Å². The van der Waals surface area contributed by atoms with Crippen molar-refractivity contribution in [2.45, 2.75) is 32.9 Å². The zero-order valence-electron chi connectivity index (χ0n) is 10.8. The average Bonchev–Trinajstić information content (AvgIpc) is 2.82. The van der Waals surface area contributed by atoms with Gasteiger partial charge in [-0.3, -0.25) is 0 Å². The van der Waals surface area contributed by atoms with Gasteiger partial charge in [0.15, 0.2) is 0 Å². The van der Waals surface area contributed by atoms with Crippen LogP contribution in [0.5, 0.6) is 0 Å². The summed E-state index contributed by atoms with van der Waals surface area (Å²) < 4.78 is 2.03. The van der Waals surface area contributed by atoms with Crippen LogP contribution in [0.1, 0.15) is 32.0 Å². The highest BCUT2D eigenvalue weighted by molar-refractivity contribution is 5.04. The van der Waals surface area contributed by atoms with Crippen molar-refractivity contribution in [3.63, 3.8) is 0 Å². The van der Waals surface area contributed by atoms with Crippen LogP contribution in [0.15, 0.2) is 12.5 Å². The SMILES string of the molecule is CCN(CC)CCCn1cncc1C(N)CO. The van der Waals surface area contributed by atoms with Crippen molar-refractivity contribution in [1.29, 1.82) is 0 Å². The Balaban J connectivity index is 2.44. The van der Waals surface area contributed by atoms with Gasteiger partial charge in [0.25, 0.3) is 0 Å². The van der Waals surface area contributed by atoms with Crippen LogP contribution in [-0.4, -0.2) is 45.8 Å². The zero-order valence-corrected chi connectivity index (χ0v) is 10.8. The van der Waals surface area contributed by atoms with E-state index in [1.54, 1.807) is 12.5 Å². The van der Waals surface area contributed by atoms with Crippen molar-refractivity contribution in [3.8, 4) is 0 Å². The summed E-state index contributed by atoms with van der Waals surface area (Å²) in [6, 6.07) is -0.328. The molecule has 1 aromatic rings. The fraction of sp³-hybridized carbons (Fsp3) is 0.750. The fourth-order valence-electron chi connectivity index (χ4n) is 1.92. The molecule has 0 aliphatic rings. The third-order valence-corrected chi connectivity index (χ3v) is 3.09. The van der Waals surface area contributed by atoms with Crippen molar-refractivity contribution in [1.82, 2.24) is 14.5 Å². The molecule has 0 fully saturated rings. The molecule has 17 heavy (non-hydrogen) atoms. The lowest BCUT2D eigenvalue weighted by Gasteiger charge is -2.18. The van der Waals surface area contributed by atoms with Crippen LogP contribution in [0.3, 0.4) is 0 Å². The van der Waals surface area contributed by atoms with Gasteiger partial charge >= 0.3 is 0 Å². The van der Waals surface area contributed by atoms with Gasteiger partial charge in [-0.2, -0.15) is 0 Å². The predicted molar refractivity (Wildman–Crippen MR) is 68.6 cm³/mol. The summed E-state index contributed by atoms with van der Waals surface area (Å²) in [6.45, 7) is 8.47. The summed E-state index contributed by atoms with van der Waals surface area (Å²) in [6.07, 6.45) is 4.59. The first-order valence-corrected chi connectivity index (χ1v) is 6.31. The van der Waals surface area contributed by atoms with Gasteiger partial charge < -0.3 is 20.3 Å². The van der Waals surface area contributed by atoms with Crippen LogP contribution in [0.2, 0.25) is 0 Å². The number of aliphatic hydroxyl groups is 1. The van der Waals surface area contributed by atoms with E-state index >= 15 is 0 Å². The largest absolute Gasteiger partial charge is 0.394 e. The maximum absolute atomic E-state index is 9.05. The number of aromatic nitrogens is 2. The first-order valence-electron chi connectivity index (χ1n) is 6.31. The van der Waals surface area contributed by atoms with Gasteiger partial charge in [0, 0.05) is 12.7 Å². The molecule has 0 saturated heterocycles. The maximum atomic E-state index is 9.05. The van der Waals surface area contributed by atoms with E-state index in [1.807, 2.05) is 4.57 Å². The molecular formula is C12H24N4O. The second kappa shape index (κ2) is 7.42. The van der Waals surface area contributed by atoms with Gasteiger partial charge in [0.1, 0.15) is 0 Å². The Morgan fingerprint density at radius 3 is 2.76 bits per heavy atom. The van der Waals surface area contributed by atoms with E-state index in [0.717, 1.165) is 38.3 Å². The average molecular weight is 240 g/mol. The van der Waals surface area contributed by atoms with Gasteiger partial charge in [0.05, 0.1) is 24.7 Å². The first-order chi connectivity index (χ1) is 8.22. The van der Waals surface area contributed by atoms with E-state index in [0.29, 0.717) is 0 Å². The number of hydrogen-bond acceptors (Lipinski definition) is 4. The minimum absolute atomic E-state index is 0.0399. The van der Waals surface area contributed by atoms with Crippen LogP contribution in [-0.2, 0) is 6.54 Å². The molecule has 0 bridgehead atoms. The molecule has 0 radical (unpaired) electrons. The van der Waals surface area contributed by atoms with Gasteiger partial charge in [-0.15, -0.1) is 0 Å². The molecule has 0 aromatic carbocycles. The minimum atomic E-state index is -0.328. The van der Waals surface area contributed by atoms with Crippen molar-refractivity contribution in [3.05, 3.63) is 18.2 Å². The molecule has 0 spiro atoms. The molecular weight excluding hydrogens is 216 g/mol. The predicted octanol–water partition coefficient (Wildman–Crippen LogP) is 0.607. The number of rotatable bonds is 8. The van der Waals surface area contributed by atoms with Crippen molar-refractivity contribution in [2.75, 3.05) is 26.2 Å². The molecule has 5 nitrogen and oxygen atoms in total. The minimum Gasteiger partial charge on any atom is -0.394 e. The van der Waals surface area contributed by atoms with Gasteiger partial charge in [-0.25, -0.2) is 4.98 Å². The smallest absolute Gasteiger partial charge is 0.0948 e. The molecule has 0 saturated carbocycles. The van der Waals surface area contributed by atoms with Crippen LogP contribution in [0.25, 0.3) is 0 Å². The van der Waals surface area contributed by atoms with Crippen LogP contribution in [0, 0.1) is 0 Å². The lowest BCUT2D eigenvalue weighted by Crippen LogP contribution is -2.25. The maximum Gasteiger partial charge on any atom is 0.0948 e. The molecule has 1 aromatic heterocycles. The number of aliphatic hydroxyl groups excluding tert-OH is 1. The van der Waals surface area contributed by atoms with E-state index in [4.69, 9.17) is 10.8 Å². The monoisotopic (exact) mass is 240 g/mol. The Labute approximate surface area is 103 Å². The lowest BCUT2D eigenvalue weighted by atomic mass is 10.2. The van der Waals surface area contributed by atoms with E-state index < -0.39 is 0 Å². The van der Waals surface area contributed by atoms with Crippen LogP contribution in [0.4, 0.5) is 0 Å². The topological polar surface area (TPSA) is 67.3 Å². The van der Waals surface area contributed by atoms with E-state index in [-0.39, 0.29) is 12.6 Å². The summed E-state index contributed by atoms with van der Waals surface area (Å²) in [7, 11) is 0. The molecule has 1 unspecified atom stereocenters. The summed E-state index contributed by atoms with van der Waals surface area (Å²) in [5.41, 5.74) is 6.71. The van der Waals surface area contributed by atoms with Crippen molar-refractivity contribution in [2.24, 2.45) is 5.73 Å². The molecule has 0 amide bonds. The van der Waals surface area contributed by atoms with Crippen molar-refractivity contribution < 1.29 is 5.11 Å². The quantitative estimate of drug-likeness (QED) is 0.698. The highest BCUT2D eigenvalue weighted by atomic mass is 16.3. The number of hydrogen-bond donors (Lipinski definition) is 2. The van der Waals surface area contributed by atoms with E-state index in [9.17, 15) is 0 Å². The second-order valence-corrected chi connectivity index (χ2v) is 4.18. The Morgan fingerprint density at radius 2 is 2.18 bits per heavy atom. The summed E-state index contributed by atoms with van der Waals surface area (Å²) >= 11 is 0. The molecule has 5 heteroatoms. The second-order valence-electron chi connectivity index (χ2n) is 4.18. The van der Waals surface area contributed by atoms with Crippen molar-refractivity contribution >= 4 is 0 Å². The number of imidazole rings is 1. The third kappa shape index (κ3) is 4.11. The molecule has 1 atom stereocenters. The summed E-state index contributed by atoms with van der Waals surface area (Å²) in [4.78, 5) is 6.48. The molecule has 1 rings (SSSR count). The molecule has 3 N–H and O–H groups in total. The van der Waals surface area contributed by atoms with E-state index in [2.05, 4.69) is 23.7 Å². The van der Waals surface area contributed by atoms with Crippen LogP contribution >= 0.6 is 0 Å². The Kier molecular flexibility index (Phi) is 6.18. The first kappa shape index (κ1) is 14.2. The van der Waals surface area contributed by atoms with Gasteiger partial charge in [-0.1, -0.05) is 13.8 Å².